The second-order valence-electron chi connectivity index (χ2n) is 5.56. The van der Waals surface area contributed by atoms with Crippen molar-refractivity contribution < 1.29 is 4.74 Å². The molecule has 112 valence electrons. The van der Waals surface area contributed by atoms with Gasteiger partial charge in [-0.1, -0.05) is 48.5 Å². The molecule has 1 atom stereocenters. The smallest absolute Gasteiger partial charge is 0.119 e. The van der Waals surface area contributed by atoms with Gasteiger partial charge in [-0.2, -0.15) is 0 Å². The molecule has 1 unspecified atom stereocenters. The van der Waals surface area contributed by atoms with Crippen LogP contribution in [0, 0.1) is 0 Å². The lowest BCUT2D eigenvalue weighted by molar-refractivity contribution is 0.415. The number of nitrogens with one attached hydrogen (secondary N) is 1. The predicted octanol–water partition coefficient (Wildman–Crippen LogP) is 4.70. The first-order valence-corrected chi connectivity index (χ1v) is 7.61. The minimum Gasteiger partial charge on any atom is -0.497 e. The number of fused-ring (bicyclic) bond motifs is 1. The third-order valence-electron chi connectivity index (χ3n) is 4.02. The molecule has 3 aromatic rings. The standard InChI is InChI=1S/C20H21NO/c1-15(17-6-4-3-5-7-17)21-14-16-8-9-19-13-20(22-2)11-10-18(19)12-16/h3-13,15,21H,14H2,1-2H3. The zero-order valence-corrected chi connectivity index (χ0v) is 13.0. The molecule has 1 N–H and O–H groups in total. The van der Waals surface area contributed by atoms with Crippen LogP contribution in [-0.2, 0) is 6.54 Å². The van der Waals surface area contributed by atoms with Crippen LogP contribution in [0.4, 0.5) is 0 Å². The molecule has 0 amide bonds. The molecule has 0 aliphatic rings. The van der Waals surface area contributed by atoms with Crippen molar-refractivity contribution in [2.75, 3.05) is 7.11 Å². The van der Waals surface area contributed by atoms with Gasteiger partial charge in [0.05, 0.1) is 7.11 Å². The highest BCUT2D eigenvalue weighted by molar-refractivity contribution is 5.84. The summed E-state index contributed by atoms with van der Waals surface area (Å²) >= 11 is 0. The van der Waals surface area contributed by atoms with E-state index in [1.807, 2.05) is 12.1 Å². The third kappa shape index (κ3) is 3.29. The van der Waals surface area contributed by atoms with Crippen molar-refractivity contribution >= 4 is 10.8 Å². The van der Waals surface area contributed by atoms with Gasteiger partial charge in [-0.15, -0.1) is 0 Å². The average Bonchev–Trinajstić information content (AvgIpc) is 2.59. The van der Waals surface area contributed by atoms with Crippen LogP contribution in [0.3, 0.4) is 0 Å². The second kappa shape index (κ2) is 6.63. The maximum absolute atomic E-state index is 5.27. The van der Waals surface area contributed by atoms with Gasteiger partial charge in [-0.3, -0.25) is 0 Å². The average molecular weight is 291 g/mol. The Balaban J connectivity index is 1.71. The van der Waals surface area contributed by atoms with Gasteiger partial charge in [0, 0.05) is 12.6 Å². The van der Waals surface area contributed by atoms with E-state index in [9.17, 15) is 0 Å². The second-order valence-corrected chi connectivity index (χ2v) is 5.56. The Morgan fingerprint density at radius 3 is 2.41 bits per heavy atom. The fourth-order valence-corrected chi connectivity index (χ4v) is 2.64. The third-order valence-corrected chi connectivity index (χ3v) is 4.02. The minimum atomic E-state index is 0.341. The lowest BCUT2D eigenvalue weighted by Crippen LogP contribution is -2.17. The predicted molar refractivity (Wildman–Crippen MR) is 92.2 cm³/mol. The summed E-state index contributed by atoms with van der Waals surface area (Å²) in [5.74, 6) is 0.899. The first-order chi connectivity index (χ1) is 10.8. The molecular weight excluding hydrogens is 270 g/mol. The fourth-order valence-electron chi connectivity index (χ4n) is 2.64. The molecule has 2 nitrogen and oxygen atoms in total. The summed E-state index contributed by atoms with van der Waals surface area (Å²) in [4.78, 5) is 0. The lowest BCUT2D eigenvalue weighted by Gasteiger charge is -2.14. The zero-order valence-electron chi connectivity index (χ0n) is 13.0. The van der Waals surface area contributed by atoms with Crippen LogP contribution in [0.2, 0.25) is 0 Å². The summed E-state index contributed by atoms with van der Waals surface area (Å²) in [6.07, 6.45) is 0. The van der Waals surface area contributed by atoms with Crippen molar-refractivity contribution in [1.82, 2.24) is 5.32 Å². The highest BCUT2D eigenvalue weighted by Crippen LogP contribution is 2.22. The molecule has 22 heavy (non-hydrogen) atoms. The number of hydrogen-bond donors (Lipinski definition) is 1. The van der Waals surface area contributed by atoms with Crippen molar-refractivity contribution in [2.24, 2.45) is 0 Å². The van der Waals surface area contributed by atoms with E-state index in [1.54, 1.807) is 7.11 Å². The number of hydrogen-bond acceptors (Lipinski definition) is 2. The van der Waals surface area contributed by atoms with Gasteiger partial charge in [0.2, 0.25) is 0 Å². The maximum atomic E-state index is 5.27. The molecule has 0 aliphatic carbocycles. The van der Waals surface area contributed by atoms with Crippen molar-refractivity contribution in [3.63, 3.8) is 0 Å². The molecule has 0 aromatic heterocycles. The molecule has 0 heterocycles. The number of benzene rings is 3. The van der Waals surface area contributed by atoms with E-state index >= 15 is 0 Å². The van der Waals surface area contributed by atoms with Crippen molar-refractivity contribution in [3.05, 3.63) is 77.9 Å². The Labute approximate surface area is 131 Å². The quantitative estimate of drug-likeness (QED) is 0.735. The molecule has 3 rings (SSSR count). The molecule has 0 spiro atoms. The Hall–Kier alpha value is -2.32. The molecule has 2 heteroatoms. The van der Waals surface area contributed by atoms with Gasteiger partial charge in [0.1, 0.15) is 5.75 Å². The number of rotatable bonds is 5. The van der Waals surface area contributed by atoms with Crippen LogP contribution >= 0.6 is 0 Å². The molecule has 0 fully saturated rings. The largest absolute Gasteiger partial charge is 0.497 e. The Morgan fingerprint density at radius 1 is 0.909 bits per heavy atom. The molecule has 0 saturated carbocycles. The molecule has 0 aliphatic heterocycles. The summed E-state index contributed by atoms with van der Waals surface area (Å²) in [6.45, 7) is 3.05. The van der Waals surface area contributed by atoms with Crippen LogP contribution in [0.5, 0.6) is 5.75 Å². The summed E-state index contributed by atoms with van der Waals surface area (Å²) < 4.78 is 5.27. The zero-order chi connectivity index (χ0) is 15.4. The van der Waals surface area contributed by atoms with Crippen molar-refractivity contribution in [1.29, 1.82) is 0 Å². The van der Waals surface area contributed by atoms with Crippen LogP contribution in [0.1, 0.15) is 24.1 Å². The van der Waals surface area contributed by atoms with E-state index in [1.165, 1.54) is 21.9 Å². The molecule has 3 aromatic carbocycles. The van der Waals surface area contributed by atoms with Crippen LogP contribution < -0.4 is 10.1 Å². The minimum absolute atomic E-state index is 0.341. The van der Waals surface area contributed by atoms with Crippen molar-refractivity contribution in [3.8, 4) is 5.75 Å². The monoisotopic (exact) mass is 291 g/mol. The first-order valence-electron chi connectivity index (χ1n) is 7.61. The highest BCUT2D eigenvalue weighted by Gasteiger charge is 2.04. The van der Waals surface area contributed by atoms with Crippen molar-refractivity contribution in [2.45, 2.75) is 19.5 Å². The Kier molecular flexibility index (Phi) is 4.40. The maximum Gasteiger partial charge on any atom is 0.119 e. The fraction of sp³-hybridized carbons (Fsp3) is 0.200. The van der Waals surface area contributed by atoms with Gasteiger partial charge in [-0.25, -0.2) is 0 Å². The van der Waals surface area contributed by atoms with E-state index in [4.69, 9.17) is 4.74 Å². The van der Waals surface area contributed by atoms with Gasteiger partial charge < -0.3 is 10.1 Å². The number of ether oxygens (including phenoxy) is 1. The topological polar surface area (TPSA) is 21.3 Å². The number of methoxy groups -OCH3 is 1. The summed E-state index contributed by atoms with van der Waals surface area (Å²) in [5.41, 5.74) is 2.61. The van der Waals surface area contributed by atoms with Gasteiger partial charge in [0.15, 0.2) is 0 Å². The van der Waals surface area contributed by atoms with Crippen LogP contribution in [0.25, 0.3) is 10.8 Å². The SMILES string of the molecule is COc1ccc2cc(CNC(C)c3ccccc3)ccc2c1. The van der Waals surface area contributed by atoms with E-state index in [-0.39, 0.29) is 0 Å². The Morgan fingerprint density at radius 2 is 1.64 bits per heavy atom. The highest BCUT2D eigenvalue weighted by atomic mass is 16.5. The first kappa shape index (κ1) is 14.6. The molecule has 0 radical (unpaired) electrons. The van der Waals surface area contributed by atoms with Gasteiger partial charge in [-0.05, 0) is 47.0 Å². The summed E-state index contributed by atoms with van der Waals surface area (Å²) in [6, 6.07) is 23.6. The van der Waals surface area contributed by atoms with E-state index in [2.05, 4.69) is 66.8 Å². The summed E-state index contributed by atoms with van der Waals surface area (Å²) in [7, 11) is 1.70. The lowest BCUT2D eigenvalue weighted by atomic mass is 10.1. The molecule has 0 bridgehead atoms. The summed E-state index contributed by atoms with van der Waals surface area (Å²) in [5, 5.41) is 6.03. The molecule has 0 saturated heterocycles. The van der Waals surface area contributed by atoms with Crippen LogP contribution in [0.15, 0.2) is 66.7 Å². The van der Waals surface area contributed by atoms with Crippen LogP contribution in [-0.4, -0.2) is 7.11 Å². The normalized spacial score (nSPS) is 12.3. The van der Waals surface area contributed by atoms with E-state index < -0.39 is 0 Å². The Bertz CT molecular complexity index is 752. The molecular formula is C20H21NO. The van der Waals surface area contributed by atoms with E-state index in [0.717, 1.165) is 12.3 Å². The van der Waals surface area contributed by atoms with Gasteiger partial charge in [0.25, 0.3) is 0 Å². The van der Waals surface area contributed by atoms with E-state index in [0.29, 0.717) is 6.04 Å². The van der Waals surface area contributed by atoms with Gasteiger partial charge >= 0.3 is 0 Å².